The maximum atomic E-state index is 8.80. The fraction of sp³-hybridized carbons (Fsp3) is 0.250. The minimum absolute atomic E-state index is 0.798. The quantitative estimate of drug-likeness (QED) is 0.504. The smallest absolute Gasteiger partial charge is 0.0994 e. The second kappa shape index (κ2) is 5.16. The van der Waals surface area contributed by atoms with Crippen LogP contribution >= 0.6 is 0 Å². The molecule has 66 valence electrons. The molecule has 0 aliphatic heterocycles. The van der Waals surface area contributed by atoms with Gasteiger partial charge in [0.2, 0.25) is 0 Å². The van der Waals surface area contributed by atoms with Gasteiger partial charge >= 0.3 is 0 Å². The van der Waals surface area contributed by atoms with Gasteiger partial charge in [-0.25, -0.2) is 0 Å². The Morgan fingerprint density at radius 3 is 2.85 bits per heavy atom. The largest absolute Gasteiger partial charge is 0.192 e. The first-order valence-electron chi connectivity index (χ1n) is 4.47. The first kappa shape index (κ1) is 9.54. The van der Waals surface area contributed by atoms with Crippen molar-refractivity contribution >= 4 is 0 Å². The van der Waals surface area contributed by atoms with E-state index in [9.17, 15) is 0 Å². The summed E-state index contributed by atoms with van der Waals surface area (Å²) in [5, 5.41) is 8.80. The van der Waals surface area contributed by atoms with Gasteiger partial charge in [0.1, 0.15) is 0 Å². The van der Waals surface area contributed by atoms with Gasteiger partial charge in [-0.05, 0) is 30.9 Å². The Bertz CT molecular complexity index is 320. The van der Waals surface area contributed by atoms with Gasteiger partial charge in [-0.3, -0.25) is 0 Å². The lowest BCUT2D eigenvalue weighted by atomic mass is 10.0. The predicted octanol–water partition coefficient (Wildman–Crippen LogP) is 3.07. The van der Waals surface area contributed by atoms with Gasteiger partial charge < -0.3 is 0 Å². The number of hydrogen-bond acceptors (Lipinski definition) is 1. The highest BCUT2D eigenvalue weighted by molar-refractivity contribution is 5.37. The SMILES string of the molecule is C=CCCCc1ccccc1C#N. The summed E-state index contributed by atoms with van der Waals surface area (Å²) in [7, 11) is 0. The number of nitriles is 1. The molecule has 1 rings (SSSR count). The molecule has 0 aliphatic rings. The Kier molecular flexibility index (Phi) is 3.78. The topological polar surface area (TPSA) is 23.8 Å². The molecule has 0 N–H and O–H groups in total. The van der Waals surface area contributed by atoms with E-state index in [4.69, 9.17) is 5.26 Å². The van der Waals surface area contributed by atoms with Crippen molar-refractivity contribution in [3.05, 3.63) is 48.0 Å². The van der Waals surface area contributed by atoms with Crippen LogP contribution in [0.15, 0.2) is 36.9 Å². The zero-order valence-electron chi connectivity index (χ0n) is 7.66. The van der Waals surface area contributed by atoms with E-state index in [1.165, 1.54) is 0 Å². The van der Waals surface area contributed by atoms with Crippen LogP contribution in [-0.2, 0) is 6.42 Å². The molecule has 0 fully saturated rings. The number of aryl methyl sites for hydroxylation is 1. The van der Waals surface area contributed by atoms with Crippen molar-refractivity contribution in [2.75, 3.05) is 0 Å². The van der Waals surface area contributed by atoms with E-state index >= 15 is 0 Å². The van der Waals surface area contributed by atoms with Crippen LogP contribution in [0.25, 0.3) is 0 Å². The van der Waals surface area contributed by atoms with Crippen molar-refractivity contribution in [3.8, 4) is 6.07 Å². The normalized spacial score (nSPS) is 9.15. The number of allylic oxidation sites excluding steroid dienone is 1. The number of unbranched alkanes of at least 4 members (excludes halogenated alkanes) is 1. The lowest BCUT2D eigenvalue weighted by molar-refractivity contribution is 0.842. The summed E-state index contributed by atoms with van der Waals surface area (Å²) in [5.74, 6) is 0. The average Bonchev–Trinajstić information content (AvgIpc) is 2.19. The number of nitrogens with zero attached hydrogens (tertiary/aromatic N) is 1. The highest BCUT2D eigenvalue weighted by Gasteiger charge is 1.98. The molecule has 0 radical (unpaired) electrons. The summed E-state index contributed by atoms with van der Waals surface area (Å²) in [6, 6.07) is 9.95. The minimum Gasteiger partial charge on any atom is -0.192 e. The summed E-state index contributed by atoms with van der Waals surface area (Å²) >= 11 is 0. The fourth-order valence-electron chi connectivity index (χ4n) is 1.28. The van der Waals surface area contributed by atoms with Crippen molar-refractivity contribution in [2.24, 2.45) is 0 Å². The van der Waals surface area contributed by atoms with E-state index < -0.39 is 0 Å². The average molecular weight is 171 g/mol. The van der Waals surface area contributed by atoms with Gasteiger partial charge in [0.25, 0.3) is 0 Å². The summed E-state index contributed by atoms with van der Waals surface area (Å²) < 4.78 is 0. The first-order chi connectivity index (χ1) is 6.38. The lowest BCUT2D eigenvalue weighted by Crippen LogP contribution is -1.89. The molecule has 0 atom stereocenters. The molecule has 0 amide bonds. The second-order valence-electron chi connectivity index (χ2n) is 2.95. The summed E-state index contributed by atoms with van der Waals surface area (Å²) in [5.41, 5.74) is 1.94. The monoisotopic (exact) mass is 171 g/mol. The van der Waals surface area contributed by atoms with Crippen LogP contribution in [0.3, 0.4) is 0 Å². The summed E-state index contributed by atoms with van der Waals surface area (Å²) in [6.07, 6.45) is 4.96. The van der Waals surface area contributed by atoms with E-state index in [0.717, 1.165) is 30.4 Å². The highest BCUT2D eigenvalue weighted by Crippen LogP contribution is 2.10. The van der Waals surface area contributed by atoms with Crippen LogP contribution in [0.1, 0.15) is 24.0 Å². The van der Waals surface area contributed by atoms with Gasteiger partial charge in [-0.15, -0.1) is 6.58 Å². The lowest BCUT2D eigenvalue weighted by Gasteiger charge is -2.01. The molecule has 0 aromatic heterocycles. The Hall–Kier alpha value is -1.55. The Labute approximate surface area is 79.3 Å². The van der Waals surface area contributed by atoms with Crippen molar-refractivity contribution in [1.82, 2.24) is 0 Å². The molecular weight excluding hydrogens is 158 g/mol. The van der Waals surface area contributed by atoms with Crippen LogP contribution in [0.2, 0.25) is 0 Å². The number of rotatable bonds is 4. The van der Waals surface area contributed by atoms with Crippen molar-refractivity contribution in [1.29, 1.82) is 5.26 Å². The van der Waals surface area contributed by atoms with Crippen molar-refractivity contribution in [2.45, 2.75) is 19.3 Å². The molecule has 0 saturated heterocycles. The van der Waals surface area contributed by atoms with Crippen LogP contribution in [0.4, 0.5) is 0 Å². The summed E-state index contributed by atoms with van der Waals surface area (Å²) in [6.45, 7) is 3.67. The van der Waals surface area contributed by atoms with Gasteiger partial charge in [-0.2, -0.15) is 5.26 Å². The predicted molar refractivity (Wildman–Crippen MR) is 54.3 cm³/mol. The number of hydrogen-bond donors (Lipinski definition) is 0. The maximum Gasteiger partial charge on any atom is 0.0994 e. The van der Waals surface area contributed by atoms with Gasteiger partial charge in [0.05, 0.1) is 11.6 Å². The van der Waals surface area contributed by atoms with Crippen molar-refractivity contribution in [3.63, 3.8) is 0 Å². The van der Waals surface area contributed by atoms with Gasteiger partial charge in [0.15, 0.2) is 0 Å². The van der Waals surface area contributed by atoms with Gasteiger partial charge in [-0.1, -0.05) is 24.3 Å². The molecule has 1 nitrogen and oxygen atoms in total. The first-order valence-corrected chi connectivity index (χ1v) is 4.47. The zero-order chi connectivity index (χ0) is 9.52. The van der Waals surface area contributed by atoms with E-state index in [-0.39, 0.29) is 0 Å². The molecule has 13 heavy (non-hydrogen) atoms. The zero-order valence-corrected chi connectivity index (χ0v) is 7.66. The van der Waals surface area contributed by atoms with Crippen LogP contribution < -0.4 is 0 Å². The van der Waals surface area contributed by atoms with Crippen LogP contribution in [0, 0.1) is 11.3 Å². The molecule has 0 saturated carbocycles. The molecule has 1 heteroatoms. The minimum atomic E-state index is 0.798. The third kappa shape index (κ3) is 2.76. The van der Waals surface area contributed by atoms with Crippen molar-refractivity contribution < 1.29 is 0 Å². The highest BCUT2D eigenvalue weighted by atomic mass is 14.2. The fourth-order valence-corrected chi connectivity index (χ4v) is 1.28. The Morgan fingerprint density at radius 1 is 1.38 bits per heavy atom. The molecule has 0 bridgehead atoms. The molecular formula is C12H13N. The van der Waals surface area contributed by atoms with Gasteiger partial charge in [0, 0.05) is 0 Å². The third-order valence-corrected chi connectivity index (χ3v) is 1.99. The van der Waals surface area contributed by atoms with E-state index in [1.807, 2.05) is 30.3 Å². The van der Waals surface area contributed by atoms with E-state index in [2.05, 4.69) is 12.6 Å². The van der Waals surface area contributed by atoms with Crippen LogP contribution in [0.5, 0.6) is 0 Å². The van der Waals surface area contributed by atoms with E-state index in [0.29, 0.717) is 0 Å². The molecule has 0 spiro atoms. The van der Waals surface area contributed by atoms with E-state index in [1.54, 1.807) is 0 Å². The molecule has 0 heterocycles. The third-order valence-electron chi connectivity index (χ3n) is 1.99. The molecule has 1 aromatic rings. The maximum absolute atomic E-state index is 8.80. The second-order valence-corrected chi connectivity index (χ2v) is 2.95. The standard InChI is InChI=1S/C12H13N/c1-2-3-4-7-11-8-5-6-9-12(11)10-13/h2,5-6,8-9H,1,3-4,7H2. The Balaban J connectivity index is 2.65. The molecule has 1 aromatic carbocycles. The molecule has 0 unspecified atom stereocenters. The molecule has 0 aliphatic carbocycles. The Morgan fingerprint density at radius 2 is 2.15 bits per heavy atom. The summed E-state index contributed by atoms with van der Waals surface area (Å²) in [4.78, 5) is 0. The number of benzene rings is 1. The van der Waals surface area contributed by atoms with Crippen LogP contribution in [-0.4, -0.2) is 0 Å².